The van der Waals surface area contributed by atoms with Gasteiger partial charge in [-0.1, -0.05) is 24.6 Å². The largest absolute Gasteiger partial charge is 0.295 e. The van der Waals surface area contributed by atoms with E-state index in [4.69, 9.17) is 4.94 Å². The van der Waals surface area contributed by atoms with Crippen molar-refractivity contribution < 1.29 is 9.73 Å². The van der Waals surface area contributed by atoms with E-state index in [9.17, 15) is 4.79 Å². The monoisotopic (exact) mass is 400 g/mol. The highest BCUT2D eigenvalue weighted by molar-refractivity contribution is 5.98. The molecule has 3 aliphatic rings. The Balaban J connectivity index is 1.55. The Morgan fingerprint density at radius 2 is 1.97 bits per heavy atom. The second-order valence-electron chi connectivity index (χ2n) is 7.96. The quantitative estimate of drug-likeness (QED) is 0.816. The number of rotatable bonds is 5. The lowest BCUT2D eigenvalue weighted by Crippen LogP contribution is -2.60. The second kappa shape index (κ2) is 9.45. The predicted octanol–water partition coefficient (Wildman–Crippen LogP) is 2.01. The van der Waals surface area contributed by atoms with Gasteiger partial charge in [0.25, 0.3) is 5.96 Å². The van der Waals surface area contributed by atoms with Gasteiger partial charge in [-0.2, -0.15) is 0 Å². The van der Waals surface area contributed by atoms with Gasteiger partial charge in [-0.05, 0) is 63.0 Å². The van der Waals surface area contributed by atoms with Crippen molar-refractivity contribution >= 4 is 17.6 Å². The number of anilines is 1. The molecule has 2 saturated heterocycles. The Kier molecular flexibility index (Phi) is 6.51. The van der Waals surface area contributed by atoms with Crippen LogP contribution in [0.25, 0.3) is 0 Å². The zero-order chi connectivity index (χ0) is 20.1. The van der Waals surface area contributed by atoms with Crippen molar-refractivity contribution in [2.75, 3.05) is 44.3 Å². The van der Waals surface area contributed by atoms with Crippen molar-refractivity contribution in [1.29, 1.82) is 0 Å². The molecule has 0 spiro atoms. The number of nitrogens with zero attached hydrogens (tertiary/aromatic N) is 5. The molecule has 3 heterocycles. The molecule has 0 aromatic heterocycles. The van der Waals surface area contributed by atoms with Gasteiger partial charge in [0.05, 0.1) is 24.8 Å². The van der Waals surface area contributed by atoms with Crippen LogP contribution in [0.5, 0.6) is 0 Å². The van der Waals surface area contributed by atoms with Crippen LogP contribution in [0.15, 0.2) is 35.5 Å². The fourth-order valence-corrected chi connectivity index (χ4v) is 4.44. The summed E-state index contributed by atoms with van der Waals surface area (Å²) >= 11 is 0. The number of guanidine groups is 1. The lowest BCUT2D eigenvalue weighted by molar-refractivity contribution is -0.170. The van der Waals surface area contributed by atoms with Gasteiger partial charge < -0.3 is 0 Å². The van der Waals surface area contributed by atoms with E-state index in [1.165, 1.54) is 6.42 Å². The zero-order valence-electron chi connectivity index (χ0n) is 17.3. The number of benzene rings is 1. The first-order chi connectivity index (χ1) is 14.2. The van der Waals surface area contributed by atoms with Crippen molar-refractivity contribution in [3.63, 3.8) is 0 Å². The van der Waals surface area contributed by atoms with Crippen LogP contribution in [0.1, 0.15) is 39.0 Å². The number of carbonyl (C=O) groups is 1. The highest BCUT2D eigenvalue weighted by Gasteiger charge is 2.36. The molecule has 29 heavy (non-hydrogen) atoms. The summed E-state index contributed by atoms with van der Waals surface area (Å²) in [6, 6.07) is 10.4. The number of carbonyl (C=O) groups excluding carboxylic acids is 1. The third-order valence-electron chi connectivity index (χ3n) is 5.85. The van der Waals surface area contributed by atoms with Crippen LogP contribution in [-0.4, -0.2) is 72.1 Å². The van der Waals surface area contributed by atoms with E-state index in [1.54, 1.807) is 0 Å². The summed E-state index contributed by atoms with van der Waals surface area (Å²) in [5.74, 6) is 0.446. The Labute approximate surface area is 173 Å². The van der Waals surface area contributed by atoms with E-state index in [0.29, 0.717) is 12.5 Å². The fraction of sp³-hybridized carbons (Fsp3) is 0.619. The molecule has 1 amide bonds. The molecule has 4 rings (SSSR count). The average molecular weight is 401 g/mol. The first-order valence-corrected chi connectivity index (χ1v) is 10.9. The zero-order valence-corrected chi connectivity index (χ0v) is 17.3. The van der Waals surface area contributed by atoms with Crippen molar-refractivity contribution in [2.24, 2.45) is 5.16 Å². The fourth-order valence-electron chi connectivity index (χ4n) is 4.44. The van der Waals surface area contributed by atoms with Crippen molar-refractivity contribution in [3.8, 4) is 0 Å². The molecule has 2 bridgehead atoms. The predicted molar refractivity (Wildman–Crippen MR) is 113 cm³/mol. The number of fused-ring (bicyclic) bond motifs is 2. The summed E-state index contributed by atoms with van der Waals surface area (Å²) in [6.45, 7) is 6.88. The first-order valence-electron chi connectivity index (χ1n) is 10.9. The number of para-hydroxylation sites is 1. The normalized spacial score (nSPS) is 24.9. The molecule has 2 unspecified atom stereocenters. The maximum atomic E-state index is 12.8. The average Bonchev–Trinajstić information content (AvgIpc) is 2.87. The Morgan fingerprint density at radius 1 is 1.17 bits per heavy atom. The van der Waals surface area contributed by atoms with Crippen LogP contribution >= 0.6 is 0 Å². The van der Waals surface area contributed by atoms with Crippen LogP contribution in [0.2, 0.25) is 0 Å². The minimum absolute atomic E-state index is 0.0326. The van der Waals surface area contributed by atoms with Gasteiger partial charge in [-0.15, -0.1) is 5.06 Å². The summed E-state index contributed by atoms with van der Waals surface area (Å²) in [6.07, 6.45) is 5.66. The maximum Gasteiger partial charge on any atom is 0.264 e. The molecule has 1 aromatic rings. The maximum absolute atomic E-state index is 12.8. The highest BCUT2D eigenvalue weighted by atomic mass is 16.8. The third kappa shape index (κ3) is 4.82. The molecule has 0 aliphatic carbocycles. The molecular weight excluding hydrogens is 368 g/mol. The van der Waals surface area contributed by atoms with Gasteiger partial charge >= 0.3 is 0 Å². The number of nitrogens with one attached hydrogen (secondary N) is 1. The van der Waals surface area contributed by atoms with Crippen LogP contribution in [0.3, 0.4) is 0 Å². The molecule has 1 aromatic carbocycles. The Hall–Kier alpha value is -2.32. The molecule has 2 atom stereocenters. The summed E-state index contributed by atoms with van der Waals surface area (Å²) < 4.78 is 0. The first kappa shape index (κ1) is 20.0. The molecule has 2 fully saturated rings. The van der Waals surface area contributed by atoms with Gasteiger partial charge in [0.2, 0.25) is 5.91 Å². The minimum Gasteiger partial charge on any atom is -0.295 e. The number of hydrazine groups is 1. The number of hydrogen-bond donors (Lipinski definition) is 1. The molecule has 1 N–H and O–H groups in total. The smallest absolute Gasteiger partial charge is 0.264 e. The van der Waals surface area contributed by atoms with E-state index in [-0.39, 0.29) is 11.9 Å². The van der Waals surface area contributed by atoms with E-state index >= 15 is 0 Å². The van der Waals surface area contributed by atoms with E-state index in [0.717, 1.165) is 64.1 Å². The van der Waals surface area contributed by atoms with Gasteiger partial charge in [-0.25, -0.2) is 5.01 Å². The summed E-state index contributed by atoms with van der Waals surface area (Å²) in [5, 5.41) is 13.6. The van der Waals surface area contributed by atoms with Gasteiger partial charge in [0.1, 0.15) is 0 Å². The number of hydroxylamine groups is 2. The van der Waals surface area contributed by atoms with Crippen molar-refractivity contribution in [1.82, 2.24) is 20.3 Å². The summed E-state index contributed by atoms with van der Waals surface area (Å²) in [5.41, 5.74) is 1.08. The van der Waals surface area contributed by atoms with E-state index < -0.39 is 0 Å². The molecule has 8 nitrogen and oxygen atoms in total. The van der Waals surface area contributed by atoms with Crippen LogP contribution in [-0.2, 0) is 9.73 Å². The molecular formula is C21H32N6O2. The van der Waals surface area contributed by atoms with Crippen LogP contribution < -0.4 is 10.3 Å². The number of oxime groups is 1. The molecule has 8 heteroatoms. The molecule has 0 radical (unpaired) electrons. The molecule has 0 saturated carbocycles. The van der Waals surface area contributed by atoms with Crippen LogP contribution in [0, 0.1) is 0 Å². The second-order valence-corrected chi connectivity index (χ2v) is 7.96. The summed E-state index contributed by atoms with van der Waals surface area (Å²) in [7, 11) is 0. The highest BCUT2D eigenvalue weighted by Crippen LogP contribution is 2.25. The van der Waals surface area contributed by atoms with Crippen LogP contribution in [0.4, 0.5) is 5.69 Å². The minimum atomic E-state index is -0.0326. The lowest BCUT2D eigenvalue weighted by Gasteiger charge is -2.43. The molecule has 3 aliphatic heterocycles. The van der Waals surface area contributed by atoms with Gasteiger partial charge in [-0.3, -0.25) is 25.0 Å². The third-order valence-corrected chi connectivity index (χ3v) is 5.85. The van der Waals surface area contributed by atoms with Gasteiger partial charge in [0.15, 0.2) is 0 Å². The topological polar surface area (TPSA) is 63.6 Å². The van der Waals surface area contributed by atoms with E-state index in [1.807, 2.05) is 23.3 Å². The summed E-state index contributed by atoms with van der Waals surface area (Å²) in [4.78, 5) is 20.7. The standard InChI is InChI=1S/C21H32N6O2/c1-2-26(18-10-5-3-6-11-18)27-19-12-9-15-25(16-19)29-23-21(27)22-20(28)17-24-13-7-4-8-14-24/h3,5-6,10-11,19H,2,4,7-9,12-17H2,1H3,(H,22,23,28). The molecule has 158 valence electrons. The Bertz CT molecular complexity index is 706. The van der Waals surface area contributed by atoms with E-state index in [2.05, 4.69) is 44.4 Å². The van der Waals surface area contributed by atoms with Crippen molar-refractivity contribution in [2.45, 2.75) is 45.1 Å². The SMILES string of the molecule is CCN(c1ccccc1)N1C(NC(=O)CN2CCCCC2)=NON2CCCC1C2. The van der Waals surface area contributed by atoms with Gasteiger partial charge in [0, 0.05) is 13.1 Å². The number of hydrogen-bond acceptors (Lipinski definition) is 7. The number of piperidine rings is 2. The number of amides is 1. The lowest BCUT2D eigenvalue weighted by atomic mass is 10.1. The number of likely N-dealkylation sites (tertiary alicyclic amines) is 1. The Morgan fingerprint density at radius 3 is 2.72 bits per heavy atom. The van der Waals surface area contributed by atoms with Crippen molar-refractivity contribution in [3.05, 3.63) is 30.3 Å².